The van der Waals surface area contributed by atoms with Crippen LogP contribution in [0.1, 0.15) is 51.8 Å². The molecule has 152 valence electrons. The van der Waals surface area contributed by atoms with Gasteiger partial charge >= 0.3 is 11.9 Å². The van der Waals surface area contributed by atoms with E-state index in [0.717, 1.165) is 34.7 Å². The molecule has 1 saturated carbocycles. The highest BCUT2D eigenvalue weighted by Gasteiger charge is 2.40. The number of rotatable bonds is 5. The molecule has 6 nitrogen and oxygen atoms in total. The summed E-state index contributed by atoms with van der Waals surface area (Å²) in [5.41, 5.74) is 1.35. The SMILES string of the molecule is O=C(O)c1c(Cc2cccc3ccccc23)c(C2CC2)c2n(c1=O)[C@H](C(=O)O)CS2. The molecule has 30 heavy (non-hydrogen) atoms. The Bertz CT molecular complexity index is 1270. The molecule has 0 unspecified atom stereocenters. The highest BCUT2D eigenvalue weighted by molar-refractivity contribution is 7.99. The number of pyridine rings is 1. The van der Waals surface area contributed by atoms with Crippen molar-refractivity contribution in [3.8, 4) is 0 Å². The zero-order valence-electron chi connectivity index (χ0n) is 16.0. The Balaban J connectivity index is 1.78. The lowest BCUT2D eigenvalue weighted by Crippen LogP contribution is -2.34. The largest absolute Gasteiger partial charge is 0.480 e. The summed E-state index contributed by atoms with van der Waals surface area (Å²) in [4.78, 5) is 37.1. The van der Waals surface area contributed by atoms with Crippen molar-refractivity contribution in [1.82, 2.24) is 4.57 Å². The first kappa shape index (κ1) is 18.9. The van der Waals surface area contributed by atoms with Crippen molar-refractivity contribution in [3.05, 3.63) is 75.1 Å². The van der Waals surface area contributed by atoms with Gasteiger partial charge in [-0.05, 0) is 52.6 Å². The van der Waals surface area contributed by atoms with Crippen LogP contribution in [0.25, 0.3) is 10.8 Å². The second kappa shape index (κ2) is 7.02. The van der Waals surface area contributed by atoms with E-state index in [1.165, 1.54) is 16.3 Å². The molecule has 2 heterocycles. The van der Waals surface area contributed by atoms with Gasteiger partial charge in [-0.1, -0.05) is 42.5 Å². The molecule has 3 aromatic rings. The van der Waals surface area contributed by atoms with Gasteiger partial charge in [-0.2, -0.15) is 0 Å². The second-order valence-corrected chi connectivity index (χ2v) is 8.82. The van der Waals surface area contributed by atoms with E-state index in [4.69, 9.17) is 0 Å². The maximum atomic E-state index is 13.2. The Hall–Kier alpha value is -3.06. The Morgan fingerprint density at radius 1 is 1.07 bits per heavy atom. The van der Waals surface area contributed by atoms with Gasteiger partial charge in [-0.15, -0.1) is 11.8 Å². The van der Waals surface area contributed by atoms with Gasteiger partial charge in [0.25, 0.3) is 5.56 Å². The molecule has 7 heteroatoms. The van der Waals surface area contributed by atoms with E-state index >= 15 is 0 Å². The van der Waals surface area contributed by atoms with Crippen molar-refractivity contribution in [2.75, 3.05) is 5.75 Å². The monoisotopic (exact) mass is 421 g/mol. The minimum Gasteiger partial charge on any atom is -0.480 e. The summed E-state index contributed by atoms with van der Waals surface area (Å²) in [5.74, 6) is -1.99. The zero-order chi connectivity index (χ0) is 21.0. The van der Waals surface area contributed by atoms with E-state index in [9.17, 15) is 24.6 Å². The van der Waals surface area contributed by atoms with Crippen LogP contribution >= 0.6 is 11.8 Å². The molecule has 1 aromatic heterocycles. The molecule has 2 aromatic carbocycles. The van der Waals surface area contributed by atoms with E-state index in [1.807, 2.05) is 42.5 Å². The van der Waals surface area contributed by atoms with E-state index < -0.39 is 23.5 Å². The molecule has 2 N–H and O–H groups in total. The summed E-state index contributed by atoms with van der Waals surface area (Å²) >= 11 is 1.35. The average molecular weight is 421 g/mol. The molecule has 1 fully saturated rings. The molecule has 2 aliphatic rings. The predicted molar refractivity (Wildman–Crippen MR) is 114 cm³/mol. The van der Waals surface area contributed by atoms with E-state index in [1.54, 1.807) is 0 Å². The fourth-order valence-corrected chi connectivity index (χ4v) is 5.82. The van der Waals surface area contributed by atoms with Crippen molar-refractivity contribution < 1.29 is 19.8 Å². The number of nitrogens with zero attached hydrogens (tertiary/aromatic N) is 1. The number of aliphatic carboxylic acids is 1. The third-order valence-corrected chi connectivity index (χ3v) is 7.10. The van der Waals surface area contributed by atoms with Crippen molar-refractivity contribution in [1.29, 1.82) is 0 Å². The summed E-state index contributed by atoms with van der Waals surface area (Å²) in [5, 5.41) is 22.2. The molecule has 5 rings (SSSR count). The topological polar surface area (TPSA) is 96.6 Å². The van der Waals surface area contributed by atoms with E-state index in [-0.39, 0.29) is 17.2 Å². The molecule has 0 radical (unpaired) electrons. The molecule has 1 aliphatic heterocycles. The normalized spacial score (nSPS) is 17.8. The average Bonchev–Trinajstić information content (AvgIpc) is 3.45. The fraction of sp³-hybridized carbons (Fsp3) is 0.261. The number of aromatic nitrogens is 1. The van der Waals surface area contributed by atoms with Gasteiger partial charge in [0, 0.05) is 5.75 Å². The number of aromatic carboxylic acids is 1. The van der Waals surface area contributed by atoms with Crippen molar-refractivity contribution in [2.45, 2.75) is 36.2 Å². The first-order valence-electron chi connectivity index (χ1n) is 9.84. The van der Waals surface area contributed by atoms with Crippen molar-refractivity contribution in [3.63, 3.8) is 0 Å². The number of carboxylic acids is 2. The molecular weight excluding hydrogens is 402 g/mol. The first-order chi connectivity index (χ1) is 14.5. The molecule has 0 spiro atoms. The van der Waals surface area contributed by atoms with Gasteiger partial charge in [0.05, 0.1) is 5.03 Å². The Labute approximate surface area is 176 Å². The van der Waals surface area contributed by atoms with Crippen LogP contribution in [-0.2, 0) is 11.2 Å². The maximum absolute atomic E-state index is 13.2. The van der Waals surface area contributed by atoms with Crippen molar-refractivity contribution >= 4 is 34.5 Å². The number of hydrogen-bond acceptors (Lipinski definition) is 4. The third kappa shape index (κ3) is 2.92. The number of benzene rings is 2. The zero-order valence-corrected chi connectivity index (χ0v) is 16.8. The number of thioether (sulfide) groups is 1. The lowest BCUT2D eigenvalue weighted by Gasteiger charge is -2.19. The summed E-state index contributed by atoms with van der Waals surface area (Å²) < 4.78 is 1.21. The van der Waals surface area contributed by atoms with Crippen LogP contribution in [0.5, 0.6) is 0 Å². The Kier molecular flexibility index (Phi) is 4.43. The van der Waals surface area contributed by atoms with Crippen LogP contribution in [0.15, 0.2) is 52.3 Å². The number of fused-ring (bicyclic) bond motifs is 2. The summed E-state index contributed by atoms with van der Waals surface area (Å²) in [7, 11) is 0. The molecule has 1 aliphatic carbocycles. The minimum absolute atomic E-state index is 0.176. The summed E-state index contributed by atoms with van der Waals surface area (Å²) in [6, 6.07) is 12.8. The molecule has 0 bridgehead atoms. The Morgan fingerprint density at radius 3 is 2.50 bits per heavy atom. The lowest BCUT2D eigenvalue weighted by atomic mass is 9.91. The van der Waals surface area contributed by atoms with Crippen LogP contribution in [0.4, 0.5) is 0 Å². The van der Waals surface area contributed by atoms with Crippen molar-refractivity contribution in [2.24, 2.45) is 0 Å². The van der Waals surface area contributed by atoms with Crippen LogP contribution in [0, 0.1) is 0 Å². The first-order valence-corrected chi connectivity index (χ1v) is 10.8. The predicted octanol–water partition coefficient (Wildman–Crippen LogP) is 3.90. The molecule has 1 atom stereocenters. The smallest absolute Gasteiger partial charge is 0.341 e. The van der Waals surface area contributed by atoms with Crippen LogP contribution in [-0.4, -0.2) is 32.5 Å². The summed E-state index contributed by atoms with van der Waals surface area (Å²) in [6.07, 6.45) is 2.17. The van der Waals surface area contributed by atoms with Gasteiger partial charge in [0.2, 0.25) is 0 Å². The van der Waals surface area contributed by atoms with Crippen LogP contribution in [0.2, 0.25) is 0 Å². The summed E-state index contributed by atoms with van der Waals surface area (Å²) in [6.45, 7) is 0. The molecular formula is C23H19NO5S. The van der Waals surface area contributed by atoms with Gasteiger partial charge in [0.1, 0.15) is 11.6 Å². The highest BCUT2D eigenvalue weighted by Crippen LogP contribution is 2.49. The van der Waals surface area contributed by atoms with E-state index in [0.29, 0.717) is 17.0 Å². The van der Waals surface area contributed by atoms with Crippen LogP contribution in [0.3, 0.4) is 0 Å². The quantitative estimate of drug-likeness (QED) is 0.649. The maximum Gasteiger partial charge on any atom is 0.341 e. The molecule has 0 amide bonds. The van der Waals surface area contributed by atoms with Gasteiger partial charge < -0.3 is 10.2 Å². The number of carbonyl (C=O) groups is 2. The van der Waals surface area contributed by atoms with Gasteiger partial charge in [-0.25, -0.2) is 9.59 Å². The van der Waals surface area contributed by atoms with E-state index in [2.05, 4.69) is 0 Å². The fourth-order valence-electron chi connectivity index (χ4n) is 4.41. The second-order valence-electron chi connectivity index (χ2n) is 7.81. The lowest BCUT2D eigenvalue weighted by molar-refractivity contribution is -0.140. The van der Waals surface area contributed by atoms with Crippen LogP contribution < -0.4 is 5.56 Å². The number of hydrogen-bond donors (Lipinski definition) is 2. The minimum atomic E-state index is -1.30. The third-order valence-electron chi connectivity index (χ3n) is 5.93. The van der Waals surface area contributed by atoms with Gasteiger partial charge in [-0.3, -0.25) is 9.36 Å². The highest BCUT2D eigenvalue weighted by atomic mass is 32.2. The molecule has 0 saturated heterocycles. The number of carboxylic acid groups (broad SMARTS) is 2. The Morgan fingerprint density at radius 2 is 1.80 bits per heavy atom. The van der Waals surface area contributed by atoms with Gasteiger partial charge in [0.15, 0.2) is 0 Å². The standard InChI is InChI=1S/C23H19NO5S/c25-20-19(23(28)29)16(10-14-6-3-5-12-4-1-2-7-15(12)14)18(13-8-9-13)21-24(20)17(11-30-21)22(26)27/h1-7,13,17H,8-11H2,(H,26,27)(H,28,29)/t17-/m0/s1.